The molecule has 6 nitrogen and oxygen atoms in total. The molecule has 2 heterocycles. The maximum Gasteiger partial charge on any atom is 0.256 e. The van der Waals surface area contributed by atoms with Gasteiger partial charge in [-0.2, -0.15) is 0 Å². The van der Waals surface area contributed by atoms with Crippen molar-refractivity contribution < 1.29 is 18.4 Å². The predicted octanol–water partition coefficient (Wildman–Crippen LogP) is 4.73. The van der Waals surface area contributed by atoms with Crippen molar-refractivity contribution >= 4 is 28.6 Å². The van der Waals surface area contributed by atoms with E-state index in [1.165, 1.54) is 4.90 Å². The van der Waals surface area contributed by atoms with Crippen molar-refractivity contribution in [2.45, 2.75) is 51.0 Å². The van der Waals surface area contributed by atoms with Gasteiger partial charge in [0.1, 0.15) is 17.2 Å². The Kier molecular flexibility index (Phi) is 4.92. The number of amides is 1. The van der Waals surface area contributed by atoms with E-state index in [2.05, 4.69) is 9.98 Å². The van der Waals surface area contributed by atoms with Crippen LogP contribution in [0.4, 0.5) is 8.78 Å². The number of aryl methyl sites for hydroxylation is 1. The number of Topliss-reactive ketones (excluding diaryl/α,β-unsaturated/α-hetero) is 1. The molecular weight excluding hydrogens is 426 g/mol. The highest BCUT2D eigenvalue weighted by atomic mass is 19.3. The lowest BCUT2D eigenvalue weighted by atomic mass is 9.80. The number of hydrogen-bond donors (Lipinski definition) is 0. The number of ketones is 1. The number of carbonyl (C=O) groups excluding carboxylic acids is 2. The summed E-state index contributed by atoms with van der Waals surface area (Å²) >= 11 is 0. The molecule has 1 spiro atoms. The number of halogens is 2. The molecule has 0 bridgehead atoms. The SMILES string of the molecule is CC1=NC2(CCC(F)(F)CC2)C(=O)N1CC(=O)c1ccc(-n2c(C)nc3ccccc32)cc1. The number of benzene rings is 2. The van der Waals surface area contributed by atoms with Gasteiger partial charge < -0.3 is 0 Å². The minimum Gasteiger partial charge on any atom is -0.297 e. The summed E-state index contributed by atoms with van der Waals surface area (Å²) in [5.74, 6) is -2.07. The van der Waals surface area contributed by atoms with Crippen molar-refractivity contribution in [2.24, 2.45) is 4.99 Å². The van der Waals surface area contributed by atoms with E-state index in [0.717, 1.165) is 22.5 Å². The molecule has 1 amide bonds. The molecule has 1 saturated carbocycles. The van der Waals surface area contributed by atoms with Crippen LogP contribution in [0.1, 0.15) is 48.8 Å². The standard InChI is InChI=1S/C25H24F2N4O2/c1-16-28-20-5-3-4-6-21(20)31(16)19-9-7-18(8-10-19)22(32)15-30-17(2)29-24(23(30)33)11-13-25(26,27)14-12-24/h3-10H,11-15H2,1-2H3. The van der Waals surface area contributed by atoms with Gasteiger partial charge in [0.2, 0.25) is 5.92 Å². The van der Waals surface area contributed by atoms with Gasteiger partial charge in [-0.25, -0.2) is 13.8 Å². The Hall–Kier alpha value is -3.42. The number of para-hydroxylation sites is 2. The summed E-state index contributed by atoms with van der Waals surface area (Å²) in [7, 11) is 0. The summed E-state index contributed by atoms with van der Waals surface area (Å²) in [6.07, 6.45) is -0.705. The molecular formula is C25H24F2N4O2. The molecule has 0 unspecified atom stereocenters. The van der Waals surface area contributed by atoms with Gasteiger partial charge >= 0.3 is 0 Å². The zero-order chi connectivity index (χ0) is 23.4. The van der Waals surface area contributed by atoms with Gasteiger partial charge in [-0.15, -0.1) is 0 Å². The van der Waals surface area contributed by atoms with Crippen molar-refractivity contribution in [3.05, 3.63) is 59.9 Å². The molecule has 0 radical (unpaired) electrons. The van der Waals surface area contributed by atoms with Crippen molar-refractivity contribution in [1.82, 2.24) is 14.5 Å². The smallest absolute Gasteiger partial charge is 0.256 e. The molecule has 1 fully saturated rings. The Balaban J connectivity index is 1.33. The van der Waals surface area contributed by atoms with Crippen LogP contribution in [0, 0.1) is 6.92 Å². The Morgan fingerprint density at radius 1 is 1.00 bits per heavy atom. The zero-order valence-corrected chi connectivity index (χ0v) is 18.5. The topological polar surface area (TPSA) is 67.6 Å². The van der Waals surface area contributed by atoms with Crippen LogP contribution in [0.25, 0.3) is 16.7 Å². The molecule has 1 aliphatic carbocycles. The molecule has 2 aliphatic rings. The Labute approximate surface area is 189 Å². The number of fused-ring (bicyclic) bond motifs is 1. The van der Waals surface area contributed by atoms with E-state index in [1.54, 1.807) is 19.1 Å². The maximum absolute atomic E-state index is 13.6. The van der Waals surface area contributed by atoms with Gasteiger partial charge in [-0.3, -0.25) is 24.0 Å². The van der Waals surface area contributed by atoms with Crippen LogP contribution in [-0.4, -0.2) is 50.0 Å². The van der Waals surface area contributed by atoms with Gasteiger partial charge in [0.15, 0.2) is 5.78 Å². The summed E-state index contributed by atoms with van der Waals surface area (Å²) in [4.78, 5) is 36.4. The molecule has 0 saturated heterocycles. The summed E-state index contributed by atoms with van der Waals surface area (Å²) in [5, 5.41) is 0. The number of amidine groups is 1. The molecule has 8 heteroatoms. The Morgan fingerprint density at radius 3 is 2.36 bits per heavy atom. The van der Waals surface area contributed by atoms with Crippen LogP contribution in [-0.2, 0) is 4.79 Å². The number of carbonyl (C=O) groups is 2. The third-order valence-electron chi connectivity index (χ3n) is 6.70. The first-order chi connectivity index (χ1) is 15.7. The quantitative estimate of drug-likeness (QED) is 0.540. The average molecular weight is 450 g/mol. The fraction of sp³-hybridized carbons (Fsp3) is 0.360. The Morgan fingerprint density at radius 2 is 1.67 bits per heavy atom. The van der Waals surface area contributed by atoms with Gasteiger partial charge in [-0.1, -0.05) is 12.1 Å². The van der Waals surface area contributed by atoms with Crippen LogP contribution in [0.5, 0.6) is 0 Å². The lowest BCUT2D eigenvalue weighted by Crippen LogP contribution is -2.47. The normalized spacial score (nSPS) is 19.3. The van der Waals surface area contributed by atoms with E-state index in [4.69, 9.17) is 0 Å². The molecule has 33 heavy (non-hydrogen) atoms. The number of imidazole rings is 1. The largest absolute Gasteiger partial charge is 0.297 e. The van der Waals surface area contributed by atoms with E-state index in [0.29, 0.717) is 11.4 Å². The van der Waals surface area contributed by atoms with Crippen LogP contribution in [0.15, 0.2) is 53.5 Å². The van der Waals surface area contributed by atoms with Crippen molar-refractivity contribution in [2.75, 3.05) is 6.54 Å². The second-order valence-corrected chi connectivity index (χ2v) is 8.89. The monoisotopic (exact) mass is 450 g/mol. The van der Waals surface area contributed by atoms with E-state index in [1.807, 2.05) is 47.9 Å². The van der Waals surface area contributed by atoms with E-state index in [9.17, 15) is 18.4 Å². The minimum absolute atomic E-state index is 0.00771. The molecule has 1 aliphatic heterocycles. The molecule has 0 atom stereocenters. The highest BCUT2D eigenvalue weighted by Crippen LogP contribution is 2.43. The summed E-state index contributed by atoms with van der Waals surface area (Å²) in [6, 6.07) is 15.0. The number of rotatable bonds is 4. The van der Waals surface area contributed by atoms with Gasteiger partial charge in [-0.05, 0) is 63.1 Å². The number of hydrogen-bond acceptors (Lipinski definition) is 4. The summed E-state index contributed by atoms with van der Waals surface area (Å²) < 4.78 is 29.2. The molecule has 2 aromatic carbocycles. The van der Waals surface area contributed by atoms with E-state index in [-0.39, 0.29) is 43.9 Å². The van der Waals surface area contributed by atoms with Crippen molar-refractivity contribution in [3.63, 3.8) is 0 Å². The lowest BCUT2D eigenvalue weighted by Gasteiger charge is -2.33. The second-order valence-electron chi connectivity index (χ2n) is 8.89. The molecule has 170 valence electrons. The number of nitrogens with zero attached hydrogens (tertiary/aromatic N) is 4. The highest BCUT2D eigenvalue weighted by Gasteiger charge is 2.53. The summed E-state index contributed by atoms with van der Waals surface area (Å²) in [6.45, 7) is 3.43. The second kappa shape index (κ2) is 7.57. The fourth-order valence-electron chi connectivity index (χ4n) is 4.86. The predicted molar refractivity (Wildman–Crippen MR) is 121 cm³/mol. The van der Waals surface area contributed by atoms with Crippen LogP contribution < -0.4 is 0 Å². The first-order valence-corrected chi connectivity index (χ1v) is 11.0. The minimum atomic E-state index is -2.75. The maximum atomic E-state index is 13.6. The summed E-state index contributed by atoms with van der Waals surface area (Å²) in [5.41, 5.74) is 2.08. The Bertz CT molecular complexity index is 1280. The number of alkyl halides is 2. The highest BCUT2D eigenvalue weighted by molar-refractivity contribution is 6.11. The first kappa shape index (κ1) is 21.4. The van der Waals surface area contributed by atoms with E-state index < -0.39 is 11.5 Å². The fourth-order valence-corrected chi connectivity index (χ4v) is 4.86. The third-order valence-corrected chi connectivity index (χ3v) is 6.70. The van der Waals surface area contributed by atoms with Crippen LogP contribution in [0.3, 0.4) is 0 Å². The lowest BCUT2D eigenvalue weighted by molar-refractivity contribution is -0.135. The number of aliphatic imine (C=N–C) groups is 1. The van der Waals surface area contributed by atoms with Gasteiger partial charge in [0.25, 0.3) is 5.91 Å². The molecule has 0 N–H and O–H groups in total. The van der Waals surface area contributed by atoms with Gasteiger partial charge in [0, 0.05) is 24.1 Å². The van der Waals surface area contributed by atoms with Gasteiger partial charge in [0.05, 0.1) is 17.6 Å². The van der Waals surface area contributed by atoms with E-state index >= 15 is 0 Å². The van der Waals surface area contributed by atoms with Crippen LogP contribution >= 0.6 is 0 Å². The first-order valence-electron chi connectivity index (χ1n) is 11.0. The van der Waals surface area contributed by atoms with Crippen molar-refractivity contribution in [1.29, 1.82) is 0 Å². The van der Waals surface area contributed by atoms with Crippen molar-refractivity contribution in [3.8, 4) is 5.69 Å². The number of aromatic nitrogens is 2. The third kappa shape index (κ3) is 3.63. The average Bonchev–Trinajstić information content (AvgIpc) is 3.24. The molecule has 3 aromatic rings. The zero-order valence-electron chi connectivity index (χ0n) is 18.5. The van der Waals surface area contributed by atoms with Crippen LogP contribution in [0.2, 0.25) is 0 Å². The molecule has 5 rings (SSSR count). The molecule has 1 aromatic heterocycles.